The third kappa shape index (κ3) is 3.89. The summed E-state index contributed by atoms with van der Waals surface area (Å²) in [5.41, 5.74) is 0.944. The molecule has 0 unspecified atom stereocenters. The predicted molar refractivity (Wildman–Crippen MR) is 112 cm³/mol. The quantitative estimate of drug-likeness (QED) is 0.779. The lowest BCUT2D eigenvalue weighted by Gasteiger charge is -2.25. The SMILES string of the molecule is CC(C)N1C(=O)c2ccc(C(=O)NCC(C)(C)c3ccc(Cl)cc3)cc2S1(=O)=O. The Kier molecular flexibility index (Phi) is 5.49. The van der Waals surface area contributed by atoms with E-state index in [4.69, 9.17) is 11.6 Å². The summed E-state index contributed by atoms with van der Waals surface area (Å²) < 4.78 is 26.3. The van der Waals surface area contributed by atoms with E-state index in [-0.39, 0.29) is 21.4 Å². The van der Waals surface area contributed by atoms with E-state index in [1.54, 1.807) is 26.0 Å². The maximum atomic E-state index is 12.7. The lowest BCUT2D eigenvalue weighted by molar-refractivity contribution is 0.0845. The summed E-state index contributed by atoms with van der Waals surface area (Å²) in [5, 5.41) is 3.49. The Bertz CT molecular complexity index is 1080. The average molecular weight is 435 g/mol. The minimum atomic E-state index is -3.95. The molecule has 29 heavy (non-hydrogen) atoms. The van der Waals surface area contributed by atoms with Crippen LogP contribution in [0.3, 0.4) is 0 Å². The van der Waals surface area contributed by atoms with Crippen LogP contribution in [0.4, 0.5) is 0 Å². The average Bonchev–Trinajstić information content (AvgIpc) is 2.85. The van der Waals surface area contributed by atoms with Gasteiger partial charge in [0.05, 0.1) is 5.56 Å². The number of hydrogen-bond donors (Lipinski definition) is 1. The van der Waals surface area contributed by atoms with Crippen molar-refractivity contribution < 1.29 is 18.0 Å². The van der Waals surface area contributed by atoms with Crippen LogP contribution in [-0.4, -0.2) is 37.1 Å². The van der Waals surface area contributed by atoms with Crippen LogP contribution in [0, 0.1) is 0 Å². The summed E-state index contributed by atoms with van der Waals surface area (Å²) in [6, 6.07) is 11.0. The Morgan fingerprint density at radius 2 is 1.76 bits per heavy atom. The third-order valence-electron chi connectivity index (χ3n) is 5.00. The van der Waals surface area contributed by atoms with E-state index in [0.29, 0.717) is 11.6 Å². The molecule has 0 radical (unpaired) electrons. The van der Waals surface area contributed by atoms with Crippen molar-refractivity contribution in [2.75, 3.05) is 6.54 Å². The normalized spacial score (nSPS) is 15.5. The third-order valence-corrected chi connectivity index (χ3v) is 7.25. The van der Waals surface area contributed by atoms with Gasteiger partial charge >= 0.3 is 0 Å². The molecule has 6 nitrogen and oxygen atoms in total. The molecule has 0 fully saturated rings. The highest BCUT2D eigenvalue weighted by Gasteiger charge is 2.43. The number of hydrogen-bond acceptors (Lipinski definition) is 4. The molecular weight excluding hydrogens is 412 g/mol. The number of carbonyl (C=O) groups is 2. The summed E-state index contributed by atoms with van der Waals surface area (Å²) in [5.74, 6) is -0.966. The molecule has 1 heterocycles. The highest BCUT2D eigenvalue weighted by Crippen LogP contribution is 2.32. The molecule has 154 valence electrons. The maximum absolute atomic E-state index is 12.7. The number of rotatable bonds is 5. The topological polar surface area (TPSA) is 83.6 Å². The van der Waals surface area contributed by atoms with Gasteiger partial charge in [0.2, 0.25) is 0 Å². The molecule has 2 aromatic carbocycles. The van der Waals surface area contributed by atoms with Crippen LogP contribution >= 0.6 is 11.6 Å². The number of amides is 2. The fraction of sp³-hybridized carbons (Fsp3) is 0.333. The van der Waals surface area contributed by atoms with E-state index in [9.17, 15) is 18.0 Å². The first-order valence-electron chi connectivity index (χ1n) is 9.22. The Hall–Kier alpha value is -2.38. The van der Waals surface area contributed by atoms with E-state index in [0.717, 1.165) is 9.87 Å². The van der Waals surface area contributed by atoms with Gasteiger partial charge in [-0.15, -0.1) is 0 Å². The number of carbonyl (C=O) groups excluding carboxylic acids is 2. The summed E-state index contributed by atoms with van der Waals surface area (Å²) in [6.45, 7) is 7.58. The molecule has 3 rings (SSSR count). The molecule has 8 heteroatoms. The fourth-order valence-corrected chi connectivity index (χ4v) is 5.22. The molecule has 1 aliphatic heterocycles. The zero-order valence-electron chi connectivity index (χ0n) is 16.7. The monoisotopic (exact) mass is 434 g/mol. The zero-order valence-corrected chi connectivity index (χ0v) is 18.3. The summed E-state index contributed by atoms with van der Waals surface area (Å²) in [6.07, 6.45) is 0. The molecule has 2 aromatic rings. The van der Waals surface area contributed by atoms with Crippen LogP contribution < -0.4 is 5.32 Å². The zero-order chi connectivity index (χ0) is 21.6. The minimum Gasteiger partial charge on any atom is -0.351 e. The molecular formula is C21H23ClN2O4S. The molecule has 1 N–H and O–H groups in total. The van der Waals surface area contributed by atoms with Crippen molar-refractivity contribution >= 4 is 33.4 Å². The van der Waals surface area contributed by atoms with Gasteiger partial charge in [-0.05, 0) is 49.7 Å². The Morgan fingerprint density at radius 3 is 2.34 bits per heavy atom. The van der Waals surface area contributed by atoms with Crippen molar-refractivity contribution in [2.24, 2.45) is 0 Å². The van der Waals surface area contributed by atoms with Crippen molar-refractivity contribution in [3.63, 3.8) is 0 Å². The molecule has 0 saturated carbocycles. The van der Waals surface area contributed by atoms with Crippen molar-refractivity contribution in [1.82, 2.24) is 9.62 Å². The standard InChI is InChI=1S/C21H23ClN2O4S/c1-13(2)24-20(26)17-10-5-14(11-18(17)29(24,27)28)19(25)23-12-21(3,4)15-6-8-16(22)9-7-15/h5-11,13H,12H2,1-4H3,(H,23,25). The lowest BCUT2D eigenvalue weighted by atomic mass is 9.84. The fourth-order valence-electron chi connectivity index (χ4n) is 3.31. The van der Waals surface area contributed by atoms with Gasteiger partial charge in [0.15, 0.2) is 0 Å². The first-order chi connectivity index (χ1) is 13.4. The highest BCUT2D eigenvalue weighted by atomic mass is 35.5. The molecule has 2 amide bonds. The van der Waals surface area contributed by atoms with Crippen LogP contribution in [0.2, 0.25) is 5.02 Å². The maximum Gasteiger partial charge on any atom is 0.269 e. The largest absolute Gasteiger partial charge is 0.351 e. The van der Waals surface area contributed by atoms with Gasteiger partial charge in [-0.25, -0.2) is 12.7 Å². The van der Waals surface area contributed by atoms with Crippen LogP contribution in [-0.2, 0) is 15.4 Å². The van der Waals surface area contributed by atoms with Gasteiger partial charge < -0.3 is 5.32 Å². The van der Waals surface area contributed by atoms with Crippen LogP contribution in [0.15, 0.2) is 47.4 Å². The van der Waals surface area contributed by atoms with Gasteiger partial charge in [0.25, 0.3) is 21.8 Å². The first-order valence-corrected chi connectivity index (χ1v) is 11.0. The minimum absolute atomic E-state index is 0.0942. The second-order valence-corrected chi connectivity index (χ2v) is 10.2. The van der Waals surface area contributed by atoms with E-state index in [1.165, 1.54) is 18.2 Å². The molecule has 0 bridgehead atoms. The van der Waals surface area contributed by atoms with Crippen molar-refractivity contribution in [1.29, 1.82) is 0 Å². The summed E-state index contributed by atoms with van der Waals surface area (Å²) >= 11 is 5.93. The van der Waals surface area contributed by atoms with E-state index < -0.39 is 27.9 Å². The molecule has 0 atom stereocenters. The Balaban J connectivity index is 1.81. The molecule has 0 spiro atoms. The number of nitrogens with one attached hydrogen (secondary N) is 1. The van der Waals surface area contributed by atoms with Gasteiger partial charge in [0, 0.05) is 28.6 Å². The smallest absolute Gasteiger partial charge is 0.269 e. The van der Waals surface area contributed by atoms with Crippen molar-refractivity contribution in [3.8, 4) is 0 Å². The van der Waals surface area contributed by atoms with Gasteiger partial charge in [-0.3, -0.25) is 9.59 Å². The van der Waals surface area contributed by atoms with Crippen LogP contribution in [0.1, 0.15) is 54.0 Å². The molecule has 0 aliphatic carbocycles. The van der Waals surface area contributed by atoms with Gasteiger partial charge in [-0.2, -0.15) is 0 Å². The Morgan fingerprint density at radius 1 is 1.14 bits per heavy atom. The van der Waals surface area contributed by atoms with E-state index >= 15 is 0 Å². The first kappa shape index (κ1) is 21.3. The predicted octanol–water partition coefficient (Wildman–Crippen LogP) is 3.60. The second kappa shape index (κ2) is 7.46. The van der Waals surface area contributed by atoms with E-state index in [1.807, 2.05) is 26.0 Å². The highest BCUT2D eigenvalue weighted by molar-refractivity contribution is 7.90. The number of benzene rings is 2. The van der Waals surface area contributed by atoms with Crippen molar-refractivity contribution in [3.05, 3.63) is 64.2 Å². The Labute approximate surface area is 175 Å². The second-order valence-electron chi connectivity index (χ2n) is 7.98. The summed E-state index contributed by atoms with van der Waals surface area (Å²) in [7, 11) is -3.95. The molecule has 0 saturated heterocycles. The van der Waals surface area contributed by atoms with Crippen LogP contribution in [0.5, 0.6) is 0 Å². The van der Waals surface area contributed by atoms with Gasteiger partial charge in [0.1, 0.15) is 4.90 Å². The molecule has 0 aromatic heterocycles. The lowest BCUT2D eigenvalue weighted by Crippen LogP contribution is -2.36. The van der Waals surface area contributed by atoms with Gasteiger partial charge in [-0.1, -0.05) is 37.6 Å². The van der Waals surface area contributed by atoms with E-state index in [2.05, 4.69) is 5.32 Å². The number of sulfonamides is 1. The molecule has 1 aliphatic rings. The van der Waals surface area contributed by atoms with Crippen LogP contribution in [0.25, 0.3) is 0 Å². The number of fused-ring (bicyclic) bond motifs is 1. The van der Waals surface area contributed by atoms with Crippen molar-refractivity contribution in [2.45, 2.75) is 44.0 Å². The number of halogens is 1. The summed E-state index contributed by atoms with van der Waals surface area (Å²) in [4.78, 5) is 24.9. The number of nitrogens with zero attached hydrogens (tertiary/aromatic N) is 1.